The van der Waals surface area contributed by atoms with E-state index in [-0.39, 0.29) is 24.0 Å². The lowest BCUT2D eigenvalue weighted by Crippen LogP contribution is -2.42. The zero-order chi connectivity index (χ0) is 15.2. The van der Waals surface area contributed by atoms with Crippen molar-refractivity contribution in [2.24, 2.45) is 10.7 Å². The molecule has 5 nitrogen and oxygen atoms in total. The predicted octanol–water partition coefficient (Wildman–Crippen LogP) is 2.77. The highest BCUT2D eigenvalue weighted by molar-refractivity contribution is 14.0. The minimum absolute atomic E-state index is 0. The molecule has 2 heterocycles. The Morgan fingerprint density at radius 3 is 3.00 bits per heavy atom. The van der Waals surface area contributed by atoms with Crippen molar-refractivity contribution < 1.29 is 0 Å². The number of rotatable bonds is 6. The number of nitrogens with zero attached hydrogens (tertiary/aromatic N) is 3. The van der Waals surface area contributed by atoms with Crippen molar-refractivity contribution >= 4 is 41.3 Å². The summed E-state index contributed by atoms with van der Waals surface area (Å²) in [6.45, 7) is 10.3. The highest BCUT2D eigenvalue weighted by Gasteiger charge is 2.22. The maximum absolute atomic E-state index is 5.95. The molecule has 3 N–H and O–H groups in total. The molecule has 1 aliphatic rings. The molecule has 0 radical (unpaired) electrons. The summed E-state index contributed by atoms with van der Waals surface area (Å²) in [6.07, 6.45) is 2.53. The van der Waals surface area contributed by atoms with Gasteiger partial charge in [0, 0.05) is 23.9 Å². The summed E-state index contributed by atoms with van der Waals surface area (Å²) in [6, 6.07) is 0.593. The first-order chi connectivity index (χ1) is 10.1. The van der Waals surface area contributed by atoms with Gasteiger partial charge in [-0.2, -0.15) is 0 Å². The standard InChI is InChI=1S/C15H27N5S.HI/c1-4-20-7-5-6-13(20)9-18-15(16)17-8-12-10-21-14(19-12)11(2)3;/h10-11,13H,4-9H2,1-3H3,(H3,16,17,18);1H. The Labute approximate surface area is 154 Å². The second-order valence-corrected chi connectivity index (χ2v) is 6.73. The molecule has 0 bridgehead atoms. The van der Waals surface area contributed by atoms with Crippen LogP contribution in [0.4, 0.5) is 0 Å². The zero-order valence-corrected chi connectivity index (χ0v) is 16.9. The Morgan fingerprint density at radius 1 is 1.59 bits per heavy atom. The fourth-order valence-corrected chi connectivity index (χ4v) is 3.47. The number of hydrogen-bond donors (Lipinski definition) is 2. The fourth-order valence-electron chi connectivity index (χ4n) is 2.65. The molecule has 1 aliphatic heterocycles. The first kappa shape index (κ1) is 19.6. The van der Waals surface area contributed by atoms with Crippen molar-refractivity contribution in [3.63, 3.8) is 0 Å². The summed E-state index contributed by atoms with van der Waals surface area (Å²) >= 11 is 1.70. The van der Waals surface area contributed by atoms with Crippen LogP contribution < -0.4 is 11.1 Å². The van der Waals surface area contributed by atoms with Crippen molar-refractivity contribution in [3.05, 3.63) is 16.1 Å². The molecule has 126 valence electrons. The first-order valence-electron chi connectivity index (χ1n) is 7.82. The van der Waals surface area contributed by atoms with Gasteiger partial charge in [-0.05, 0) is 25.9 Å². The van der Waals surface area contributed by atoms with E-state index < -0.39 is 0 Å². The van der Waals surface area contributed by atoms with E-state index in [1.54, 1.807) is 11.3 Å². The van der Waals surface area contributed by atoms with Crippen LogP contribution in [0.2, 0.25) is 0 Å². The van der Waals surface area contributed by atoms with E-state index in [1.165, 1.54) is 19.4 Å². The summed E-state index contributed by atoms with van der Waals surface area (Å²) in [7, 11) is 0. The van der Waals surface area contributed by atoms with Crippen LogP contribution in [-0.4, -0.2) is 41.5 Å². The van der Waals surface area contributed by atoms with Crippen molar-refractivity contribution in [3.8, 4) is 0 Å². The van der Waals surface area contributed by atoms with Gasteiger partial charge < -0.3 is 11.1 Å². The smallest absolute Gasteiger partial charge is 0.189 e. The molecule has 0 amide bonds. The minimum Gasteiger partial charge on any atom is -0.370 e. The Hall–Kier alpha value is -0.410. The second-order valence-electron chi connectivity index (χ2n) is 5.84. The van der Waals surface area contributed by atoms with E-state index in [1.807, 2.05) is 0 Å². The molecule has 1 saturated heterocycles. The molecule has 1 aromatic heterocycles. The van der Waals surface area contributed by atoms with E-state index in [0.29, 0.717) is 24.5 Å². The number of nitrogens with one attached hydrogen (secondary N) is 1. The number of likely N-dealkylation sites (tertiary alicyclic amines) is 1. The summed E-state index contributed by atoms with van der Waals surface area (Å²) in [5.74, 6) is 1.00. The highest BCUT2D eigenvalue weighted by Crippen LogP contribution is 2.19. The topological polar surface area (TPSA) is 66.5 Å². The van der Waals surface area contributed by atoms with Gasteiger partial charge >= 0.3 is 0 Å². The molecule has 2 rings (SSSR count). The van der Waals surface area contributed by atoms with Gasteiger partial charge in [0.1, 0.15) is 0 Å². The molecular formula is C15H28IN5S. The number of aliphatic imine (C=N–C) groups is 1. The van der Waals surface area contributed by atoms with Gasteiger partial charge in [-0.1, -0.05) is 20.8 Å². The Bertz CT molecular complexity index is 474. The van der Waals surface area contributed by atoms with Gasteiger partial charge in [-0.3, -0.25) is 4.90 Å². The number of hydrogen-bond acceptors (Lipinski definition) is 4. The van der Waals surface area contributed by atoms with Crippen LogP contribution >= 0.6 is 35.3 Å². The molecular weight excluding hydrogens is 409 g/mol. The number of guanidine groups is 1. The van der Waals surface area contributed by atoms with Gasteiger partial charge in [0.25, 0.3) is 0 Å². The van der Waals surface area contributed by atoms with Gasteiger partial charge in [-0.15, -0.1) is 35.3 Å². The molecule has 1 fully saturated rings. The summed E-state index contributed by atoms with van der Waals surface area (Å²) in [5.41, 5.74) is 6.95. The summed E-state index contributed by atoms with van der Waals surface area (Å²) in [5, 5.41) is 6.48. The van der Waals surface area contributed by atoms with Gasteiger partial charge in [0.15, 0.2) is 5.96 Å². The van der Waals surface area contributed by atoms with Crippen molar-refractivity contribution in [1.29, 1.82) is 0 Å². The molecule has 22 heavy (non-hydrogen) atoms. The van der Waals surface area contributed by atoms with Crippen LogP contribution in [0.3, 0.4) is 0 Å². The van der Waals surface area contributed by atoms with Crippen molar-refractivity contribution in [1.82, 2.24) is 15.2 Å². The molecule has 0 saturated carbocycles. The molecule has 0 aliphatic carbocycles. The third kappa shape index (κ3) is 5.66. The first-order valence-corrected chi connectivity index (χ1v) is 8.70. The average Bonchev–Trinajstić information content (AvgIpc) is 3.11. The van der Waals surface area contributed by atoms with E-state index in [9.17, 15) is 0 Å². The Balaban J connectivity index is 0.00000242. The Kier molecular flexibility index (Phi) is 8.63. The van der Waals surface area contributed by atoms with E-state index >= 15 is 0 Å². The lowest BCUT2D eigenvalue weighted by molar-refractivity contribution is 0.267. The number of likely N-dealkylation sites (N-methyl/N-ethyl adjacent to an activating group) is 1. The molecule has 1 aromatic rings. The Morgan fingerprint density at radius 2 is 2.36 bits per heavy atom. The van der Waals surface area contributed by atoms with Crippen LogP contribution in [0.1, 0.15) is 50.2 Å². The van der Waals surface area contributed by atoms with Gasteiger partial charge in [0.2, 0.25) is 0 Å². The maximum atomic E-state index is 5.95. The zero-order valence-electron chi connectivity index (χ0n) is 13.7. The van der Waals surface area contributed by atoms with Crippen LogP contribution in [0.15, 0.2) is 10.4 Å². The van der Waals surface area contributed by atoms with Gasteiger partial charge in [-0.25, -0.2) is 9.98 Å². The highest BCUT2D eigenvalue weighted by atomic mass is 127. The largest absolute Gasteiger partial charge is 0.370 e. The molecule has 0 spiro atoms. The number of thiazole rings is 1. The maximum Gasteiger partial charge on any atom is 0.189 e. The summed E-state index contributed by atoms with van der Waals surface area (Å²) in [4.78, 5) is 11.4. The number of nitrogens with two attached hydrogens (primary N) is 1. The lowest BCUT2D eigenvalue weighted by Gasteiger charge is -2.23. The fraction of sp³-hybridized carbons (Fsp3) is 0.733. The van der Waals surface area contributed by atoms with Crippen LogP contribution in [0.25, 0.3) is 0 Å². The third-order valence-corrected chi connectivity index (χ3v) is 5.09. The molecule has 1 atom stereocenters. The van der Waals surface area contributed by atoms with E-state index in [4.69, 9.17) is 5.73 Å². The third-order valence-electron chi connectivity index (χ3n) is 3.90. The second kappa shape index (κ2) is 9.67. The van der Waals surface area contributed by atoms with E-state index in [0.717, 1.165) is 23.8 Å². The van der Waals surface area contributed by atoms with Crippen LogP contribution in [-0.2, 0) is 6.54 Å². The molecule has 1 unspecified atom stereocenters. The monoisotopic (exact) mass is 437 g/mol. The van der Waals surface area contributed by atoms with E-state index in [2.05, 4.69) is 46.3 Å². The molecule has 7 heteroatoms. The predicted molar refractivity (Wildman–Crippen MR) is 105 cm³/mol. The normalized spacial score (nSPS) is 19.5. The number of halogens is 1. The van der Waals surface area contributed by atoms with Crippen molar-refractivity contribution in [2.75, 3.05) is 19.6 Å². The van der Waals surface area contributed by atoms with Crippen molar-refractivity contribution in [2.45, 2.75) is 52.1 Å². The quantitative estimate of drug-likeness (QED) is 0.408. The average molecular weight is 437 g/mol. The summed E-state index contributed by atoms with van der Waals surface area (Å²) < 4.78 is 0. The molecule has 0 aromatic carbocycles. The van der Waals surface area contributed by atoms with Crippen LogP contribution in [0.5, 0.6) is 0 Å². The number of aromatic nitrogens is 1. The minimum atomic E-state index is 0. The van der Waals surface area contributed by atoms with Crippen LogP contribution in [0, 0.1) is 0 Å². The lowest BCUT2D eigenvalue weighted by atomic mass is 10.2. The SMILES string of the molecule is CCN1CCCC1CNC(N)=NCc1csc(C(C)C)n1.I. The van der Waals surface area contributed by atoms with Gasteiger partial charge in [0.05, 0.1) is 17.2 Å².